The highest BCUT2D eigenvalue weighted by atomic mass is 16.6. The van der Waals surface area contributed by atoms with E-state index in [-0.39, 0.29) is 6.10 Å². The summed E-state index contributed by atoms with van der Waals surface area (Å²) in [5, 5.41) is 12.9. The number of aliphatic hydroxyl groups is 1. The highest BCUT2D eigenvalue weighted by molar-refractivity contribution is 6.07. The smallest absolute Gasteiger partial charge is 0.172 e. The predicted molar refractivity (Wildman–Crippen MR) is 93.4 cm³/mol. The molecule has 4 rings (SSSR count). The molecule has 3 aromatic rings. The number of ether oxygens (including phenoxy) is 1. The molecular weight excluding hydrogens is 286 g/mol. The van der Waals surface area contributed by atoms with Crippen molar-refractivity contribution in [2.45, 2.75) is 51.0 Å². The summed E-state index contributed by atoms with van der Waals surface area (Å²) in [6.07, 6.45) is 5.33. The number of fused-ring (bicyclic) bond motifs is 3. The van der Waals surface area contributed by atoms with Gasteiger partial charge in [0.15, 0.2) is 6.29 Å². The molecule has 0 saturated heterocycles. The Labute approximate surface area is 136 Å². The number of aliphatic hydroxyl groups excluding tert-OH is 1. The van der Waals surface area contributed by atoms with Crippen molar-refractivity contribution in [3.63, 3.8) is 0 Å². The molecular formula is C20H23NO2. The van der Waals surface area contributed by atoms with Crippen LogP contribution in [-0.4, -0.2) is 22.1 Å². The summed E-state index contributed by atoms with van der Waals surface area (Å²) >= 11 is 0. The van der Waals surface area contributed by atoms with Crippen molar-refractivity contribution in [2.75, 3.05) is 0 Å². The molecule has 1 saturated carbocycles. The third-order valence-corrected chi connectivity index (χ3v) is 4.92. The van der Waals surface area contributed by atoms with Crippen molar-refractivity contribution in [3.8, 4) is 0 Å². The number of hydrogen-bond donors (Lipinski definition) is 1. The van der Waals surface area contributed by atoms with Gasteiger partial charge < -0.3 is 14.4 Å². The summed E-state index contributed by atoms with van der Waals surface area (Å²) in [5.74, 6) is 0. The second-order valence-corrected chi connectivity index (χ2v) is 6.50. The number of hydrogen-bond acceptors (Lipinski definition) is 2. The van der Waals surface area contributed by atoms with Gasteiger partial charge in [-0.05, 0) is 25.0 Å². The molecule has 0 aliphatic heterocycles. The van der Waals surface area contributed by atoms with Crippen LogP contribution in [0.5, 0.6) is 0 Å². The third-order valence-electron chi connectivity index (χ3n) is 4.92. The van der Waals surface area contributed by atoms with Crippen LogP contribution in [0.3, 0.4) is 0 Å². The van der Waals surface area contributed by atoms with Gasteiger partial charge >= 0.3 is 0 Å². The lowest BCUT2D eigenvalue weighted by molar-refractivity contribution is -0.149. The first-order chi connectivity index (χ1) is 11.3. The normalized spacial score (nSPS) is 17.8. The van der Waals surface area contributed by atoms with Crippen molar-refractivity contribution in [1.29, 1.82) is 0 Å². The standard InChI is InChI=1S/C20H23NO2/c22-20(23-15-8-2-1-3-9-15)14-21-18-12-6-4-10-16(18)17-11-5-7-13-19(17)21/h4-7,10-13,15,20,22H,1-3,8-9,14H2. The van der Waals surface area contributed by atoms with Gasteiger partial charge in [0, 0.05) is 21.8 Å². The van der Waals surface area contributed by atoms with E-state index in [1.807, 2.05) is 12.1 Å². The minimum absolute atomic E-state index is 0.215. The highest BCUT2D eigenvalue weighted by Crippen LogP contribution is 2.29. The van der Waals surface area contributed by atoms with Gasteiger partial charge in [0.2, 0.25) is 0 Å². The first-order valence-corrected chi connectivity index (χ1v) is 8.62. The lowest BCUT2D eigenvalue weighted by atomic mass is 9.98. The summed E-state index contributed by atoms with van der Waals surface area (Å²) in [6.45, 7) is 0.477. The number of para-hydroxylation sites is 2. The number of nitrogens with zero attached hydrogens (tertiary/aromatic N) is 1. The van der Waals surface area contributed by atoms with E-state index in [2.05, 4.69) is 41.0 Å². The fourth-order valence-electron chi connectivity index (χ4n) is 3.82. The predicted octanol–water partition coefficient (Wildman–Crippen LogP) is 4.46. The van der Waals surface area contributed by atoms with Gasteiger partial charge in [0.25, 0.3) is 0 Å². The van der Waals surface area contributed by atoms with E-state index in [0.717, 1.165) is 23.9 Å². The number of rotatable bonds is 4. The summed E-state index contributed by atoms with van der Waals surface area (Å²) in [5.41, 5.74) is 2.31. The van der Waals surface area contributed by atoms with Gasteiger partial charge in [-0.1, -0.05) is 55.7 Å². The summed E-state index contributed by atoms with van der Waals surface area (Å²) in [4.78, 5) is 0. The van der Waals surface area contributed by atoms with Gasteiger partial charge in [0.1, 0.15) is 0 Å². The Morgan fingerprint density at radius 3 is 2.09 bits per heavy atom. The van der Waals surface area contributed by atoms with E-state index in [0.29, 0.717) is 6.54 Å². The van der Waals surface area contributed by atoms with E-state index in [1.165, 1.54) is 30.0 Å². The fraction of sp³-hybridized carbons (Fsp3) is 0.400. The molecule has 120 valence electrons. The Morgan fingerprint density at radius 2 is 1.48 bits per heavy atom. The summed E-state index contributed by atoms with van der Waals surface area (Å²) in [7, 11) is 0. The van der Waals surface area contributed by atoms with Crippen LogP contribution in [0.15, 0.2) is 48.5 Å². The van der Waals surface area contributed by atoms with E-state index < -0.39 is 6.29 Å². The van der Waals surface area contributed by atoms with Crippen molar-refractivity contribution < 1.29 is 9.84 Å². The van der Waals surface area contributed by atoms with Crippen LogP contribution < -0.4 is 0 Å². The van der Waals surface area contributed by atoms with Crippen molar-refractivity contribution in [2.24, 2.45) is 0 Å². The molecule has 0 amide bonds. The van der Waals surface area contributed by atoms with E-state index in [9.17, 15) is 5.11 Å². The Bertz CT molecular complexity index is 748. The zero-order valence-corrected chi connectivity index (χ0v) is 13.3. The van der Waals surface area contributed by atoms with Gasteiger partial charge in [-0.2, -0.15) is 0 Å². The average molecular weight is 309 g/mol. The molecule has 23 heavy (non-hydrogen) atoms. The van der Waals surface area contributed by atoms with E-state index >= 15 is 0 Å². The first kappa shape index (κ1) is 14.7. The monoisotopic (exact) mass is 309 g/mol. The average Bonchev–Trinajstić information content (AvgIpc) is 2.90. The maximum Gasteiger partial charge on any atom is 0.172 e. The summed E-state index contributed by atoms with van der Waals surface area (Å²) < 4.78 is 8.08. The van der Waals surface area contributed by atoms with Crippen LogP contribution >= 0.6 is 0 Å². The molecule has 3 heteroatoms. The van der Waals surface area contributed by atoms with Gasteiger partial charge in [-0.3, -0.25) is 0 Å². The van der Waals surface area contributed by atoms with Gasteiger partial charge in [0.05, 0.1) is 12.6 Å². The maximum atomic E-state index is 10.4. The molecule has 1 heterocycles. The minimum atomic E-state index is -0.752. The molecule has 1 atom stereocenters. The SMILES string of the molecule is OC(Cn1c2ccccc2c2ccccc21)OC1CCCCC1. The Hall–Kier alpha value is -1.84. The van der Waals surface area contributed by atoms with Crippen LogP contribution in [0, 0.1) is 0 Å². The topological polar surface area (TPSA) is 34.4 Å². The number of benzene rings is 2. The molecule has 0 radical (unpaired) electrons. The first-order valence-electron chi connectivity index (χ1n) is 8.62. The molecule has 1 aromatic heterocycles. The van der Waals surface area contributed by atoms with E-state index in [4.69, 9.17) is 4.74 Å². The Balaban J connectivity index is 1.64. The molecule has 1 fully saturated rings. The molecule has 0 spiro atoms. The molecule has 1 aliphatic rings. The van der Waals surface area contributed by atoms with Crippen LogP contribution in [0.4, 0.5) is 0 Å². The lowest BCUT2D eigenvalue weighted by Gasteiger charge is -2.25. The Morgan fingerprint density at radius 1 is 0.913 bits per heavy atom. The van der Waals surface area contributed by atoms with Crippen molar-refractivity contribution in [3.05, 3.63) is 48.5 Å². The molecule has 2 aromatic carbocycles. The summed E-state index contributed by atoms with van der Waals surface area (Å²) in [6, 6.07) is 16.7. The van der Waals surface area contributed by atoms with Gasteiger partial charge in [-0.15, -0.1) is 0 Å². The van der Waals surface area contributed by atoms with Gasteiger partial charge in [-0.25, -0.2) is 0 Å². The highest BCUT2D eigenvalue weighted by Gasteiger charge is 2.19. The quantitative estimate of drug-likeness (QED) is 0.722. The maximum absolute atomic E-state index is 10.4. The second kappa shape index (κ2) is 6.34. The van der Waals surface area contributed by atoms with Crippen LogP contribution in [0.1, 0.15) is 32.1 Å². The Kier molecular flexibility index (Phi) is 4.06. The fourth-order valence-corrected chi connectivity index (χ4v) is 3.82. The largest absolute Gasteiger partial charge is 0.366 e. The van der Waals surface area contributed by atoms with Crippen LogP contribution in [0.2, 0.25) is 0 Å². The third kappa shape index (κ3) is 2.87. The van der Waals surface area contributed by atoms with Crippen molar-refractivity contribution >= 4 is 21.8 Å². The van der Waals surface area contributed by atoms with Crippen LogP contribution in [-0.2, 0) is 11.3 Å². The lowest BCUT2D eigenvalue weighted by Crippen LogP contribution is -2.27. The van der Waals surface area contributed by atoms with Crippen molar-refractivity contribution in [1.82, 2.24) is 4.57 Å². The van der Waals surface area contributed by atoms with Crippen LogP contribution in [0.25, 0.3) is 21.8 Å². The second-order valence-electron chi connectivity index (χ2n) is 6.50. The molecule has 1 unspecified atom stereocenters. The van der Waals surface area contributed by atoms with E-state index in [1.54, 1.807) is 0 Å². The zero-order chi connectivity index (χ0) is 15.6. The zero-order valence-electron chi connectivity index (χ0n) is 13.3. The number of aromatic nitrogens is 1. The molecule has 0 bridgehead atoms. The minimum Gasteiger partial charge on any atom is -0.366 e. The molecule has 3 nitrogen and oxygen atoms in total. The molecule has 1 aliphatic carbocycles. The molecule has 1 N–H and O–H groups in total.